The van der Waals surface area contributed by atoms with Gasteiger partial charge in [0.1, 0.15) is 0 Å². The van der Waals surface area contributed by atoms with Gasteiger partial charge in [0.05, 0.1) is 25.5 Å². The molecule has 0 fully saturated rings. The van der Waals surface area contributed by atoms with E-state index in [1.54, 1.807) is 12.1 Å². The van der Waals surface area contributed by atoms with E-state index in [2.05, 4.69) is 0 Å². The van der Waals surface area contributed by atoms with Crippen molar-refractivity contribution in [1.29, 1.82) is 0 Å². The minimum atomic E-state index is -0.575. The van der Waals surface area contributed by atoms with Gasteiger partial charge in [0, 0.05) is 11.8 Å². The van der Waals surface area contributed by atoms with Crippen LogP contribution >= 0.6 is 0 Å². The van der Waals surface area contributed by atoms with Crippen molar-refractivity contribution in [1.82, 2.24) is 0 Å². The van der Waals surface area contributed by atoms with E-state index >= 15 is 0 Å². The Kier molecular flexibility index (Phi) is 3.33. The maximum atomic E-state index is 12.3. The summed E-state index contributed by atoms with van der Waals surface area (Å²) in [5.74, 6) is -0.222. The zero-order valence-corrected chi connectivity index (χ0v) is 12.5. The predicted molar refractivity (Wildman–Crippen MR) is 82.2 cm³/mol. The molecule has 1 amide bonds. The monoisotopic (exact) mass is 297 g/mol. The average molecular weight is 297 g/mol. The van der Waals surface area contributed by atoms with Crippen LogP contribution in [0, 0.1) is 6.92 Å². The molecule has 0 radical (unpaired) electrons. The van der Waals surface area contributed by atoms with E-state index in [0.29, 0.717) is 28.4 Å². The number of hydrogen-bond donors (Lipinski definition) is 0. The summed E-state index contributed by atoms with van der Waals surface area (Å²) < 4.78 is 10.5. The lowest BCUT2D eigenvalue weighted by atomic mass is 10.1. The summed E-state index contributed by atoms with van der Waals surface area (Å²) in [7, 11) is 3.00. The average Bonchev–Trinajstić information content (AvgIpc) is 2.78. The van der Waals surface area contributed by atoms with Gasteiger partial charge in [-0.15, -0.1) is 0 Å². The number of ketones is 1. The fourth-order valence-corrected chi connectivity index (χ4v) is 2.51. The molecule has 112 valence electrons. The summed E-state index contributed by atoms with van der Waals surface area (Å²) in [5.41, 5.74) is 2.56. The van der Waals surface area contributed by atoms with Crippen LogP contribution in [0.3, 0.4) is 0 Å². The van der Waals surface area contributed by atoms with E-state index in [0.717, 1.165) is 5.56 Å². The Balaban J connectivity index is 2.18. The lowest BCUT2D eigenvalue weighted by Gasteiger charge is -2.18. The van der Waals surface area contributed by atoms with Crippen LogP contribution in [0.15, 0.2) is 36.4 Å². The summed E-state index contributed by atoms with van der Waals surface area (Å²) in [6.45, 7) is 1.96. The fourth-order valence-electron chi connectivity index (χ4n) is 2.51. The molecule has 0 saturated heterocycles. The van der Waals surface area contributed by atoms with Crippen molar-refractivity contribution >= 4 is 23.1 Å². The molecule has 5 heteroatoms. The third-order valence-electron chi connectivity index (χ3n) is 3.68. The third kappa shape index (κ3) is 2.02. The van der Waals surface area contributed by atoms with E-state index in [4.69, 9.17) is 9.47 Å². The predicted octanol–water partition coefficient (Wildman–Crippen LogP) is 2.87. The number of aryl methyl sites for hydroxylation is 1. The second kappa shape index (κ2) is 5.18. The maximum absolute atomic E-state index is 12.3. The number of methoxy groups -OCH3 is 2. The van der Waals surface area contributed by atoms with Crippen molar-refractivity contribution in [2.24, 2.45) is 0 Å². The number of carbonyl (C=O) groups is 2. The lowest BCUT2D eigenvalue weighted by molar-refractivity contribution is -0.113. The van der Waals surface area contributed by atoms with Crippen LogP contribution in [0.1, 0.15) is 15.9 Å². The molecule has 1 heterocycles. The first kappa shape index (κ1) is 14.1. The van der Waals surface area contributed by atoms with Crippen LogP contribution in [-0.2, 0) is 4.79 Å². The molecule has 5 nitrogen and oxygen atoms in total. The van der Waals surface area contributed by atoms with Crippen molar-refractivity contribution < 1.29 is 19.1 Å². The summed E-state index contributed by atoms with van der Waals surface area (Å²) >= 11 is 0. The van der Waals surface area contributed by atoms with Crippen LogP contribution in [0.5, 0.6) is 11.5 Å². The minimum Gasteiger partial charge on any atom is -0.493 e. The maximum Gasteiger partial charge on any atom is 0.304 e. The van der Waals surface area contributed by atoms with Crippen LogP contribution in [0.25, 0.3) is 0 Å². The van der Waals surface area contributed by atoms with E-state index in [-0.39, 0.29) is 0 Å². The number of hydrogen-bond acceptors (Lipinski definition) is 4. The number of fused-ring (bicyclic) bond motifs is 1. The van der Waals surface area contributed by atoms with Crippen molar-refractivity contribution in [3.05, 3.63) is 47.5 Å². The molecular formula is C17H15NO4. The number of ether oxygens (including phenoxy) is 2. The normalized spacial score (nSPS) is 13.3. The van der Waals surface area contributed by atoms with Crippen LogP contribution in [0.4, 0.5) is 11.4 Å². The van der Waals surface area contributed by atoms with Crippen LogP contribution in [0.2, 0.25) is 0 Å². The molecule has 0 saturated carbocycles. The van der Waals surface area contributed by atoms with Gasteiger partial charge in [0.25, 0.3) is 5.78 Å². The van der Waals surface area contributed by atoms with Gasteiger partial charge in [-0.2, -0.15) is 0 Å². The molecule has 1 aliphatic rings. The highest BCUT2D eigenvalue weighted by molar-refractivity contribution is 6.53. The number of nitrogens with zero attached hydrogens (tertiary/aromatic N) is 1. The second-order valence-corrected chi connectivity index (χ2v) is 5.03. The van der Waals surface area contributed by atoms with Gasteiger partial charge in [-0.05, 0) is 25.1 Å². The van der Waals surface area contributed by atoms with Gasteiger partial charge in [-0.1, -0.05) is 17.7 Å². The molecule has 22 heavy (non-hydrogen) atoms. The summed E-state index contributed by atoms with van der Waals surface area (Å²) in [4.78, 5) is 26.0. The van der Waals surface area contributed by atoms with Gasteiger partial charge in [-0.3, -0.25) is 14.5 Å². The molecule has 2 aromatic carbocycles. The van der Waals surface area contributed by atoms with E-state index in [9.17, 15) is 9.59 Å². The highest BCUT2D eigenvalue weighted by Gasteiger charge is 2.38. The minimum absolute atomic E-state index is 0.322. The Bertz CT molecular complexity index is 765. The zero-order chi connectivity index (χ0) is 15.9. The largest absolute Gasteiger partial charge is 0.493 e. The van der Waals surface area contributed by atoms with Gasteiger partial charge >= 0.3 is 5.91 Å². The van der Waals surface area contributed by atoms with Crippen LogP contribution in [-0.4, -0.2) is 25.9 Å². The molecule has 0 aliphatic carbocycles. The summed E-state index contributed by atoms with van der Waals surface area (Å²) in [6.07, 6.45) is 0. The van der Waals surface area contributed by atoms with E-state index in [1.807, 2.05) is 31.2 Å². The highest BCUT2D eigenvalue weighted by Crippen LogP contribution is 2.42. The molecule has 1 aliphatic heterocycles. The number of anilines is 2. The molecule has 0 aromatic heterocycles. The molecular weight excluding hydrogens is 282 g/mol. The highest BCUT2D eigenvalue weighted by atomic mass is 16.5. The summed E-state index contributed by atoms with van der Waals surface area (Å²) in [6, 6.07) is 10.6. The van der Waals surface area contributed by atoms with Crippen molar-refractivity contribution in [3.63, 3.8) is 0 Å². The SMILES string of the molecule is COc1cc2c(cc1OC)N(c1ccc(C)cc1)C(=O)C2=O. The fraction of sp³-hybridized carbons (Fsp3) is 0.176. The van der Waals surface area contributed by atoms with E-state index in [1.165, 1.54) is 19.1 Å². The van der Waals surface area contributed by atoms with Gasteiger partial charge in [-0.25, -0.2) is 0 Å². The number of benzene rings is 2. The third-order valence-corrected chi connectivity index (χ3v) is 3.68. The topological polar surface area (TPSA) is 55.8 Å². The smallest absolute Gasteiger partial charge is 0.304 e. The second-order valence-electron chi connectivity index (χ2n) is 5.03. The molecule has 3 rings (SSSR count). The number of amides is 1. The lowest BCUT2D eigenvalue weighted by Crippen LogP contribution is -2.24. The van der Waals surface area contributed by atoms with E-state index < -0.39 is 11.7 Å². The molecule has 0 bridgehead atoms. The first-order chi connectivity index (χ1) is 10.6. The Morgan fingerprint density at radius 1 is 0.909 bits per heavy atom. The molecule has 2 aromatic rings. The van der Waals surface area contributed by atoms with Gasteiger partial charge in [0.2, 0.25) is 0 Å². The molecule has 0 spiro atoms. The molecule has 0 atom stereocenters. The first-order valence-corrected chi connectivity index (χ1v) is 6.78. The van der Waals surface area contributed by atoms with Crippen molar-refractivity contribution in [3.8, 4) is 11.5 Å². The summed E-state index contributed by atoms with van der Waals surface area (Å²) in [5, 5.41) is 0. The standard InChI is InChI=1S/C17H15NO4/c1-10-4-6-11(7-5-10)18-13-9-15(22-3)14(21-2)8-12(13)16(19)17(18)20/h4-9H,1-3H3. The quantitative estimate of drug-likeness (QED) is 0.817. The zero-order valence-electron chi connectivity index (χ0n) is 12.5. The Morgan fingerprint density at radius 3 is 2.09 bits per heavy atom. The van der Waals surface area contributed by atoms with Gasteiger partial charge < -0.3 is 9.47 Å². The molecule has 0 unspecified atom stereocenters. The Labute approximate surface area is 128 Å². The van der Waals surface area contributed by atoms with Crippen molar-refractivity contribution in [2.45, 2.75) is 6.92 Å². The number of carbonyl (C=O) groups excluding carboxylic acids is 2. The number of Topliss-reactive ketones (excluding diaryl/α,β-unsaturated/α-hetero) is 1. The Morgan fingerprint density at radius 2 is 1.50 bits per heavy atom. The van der Waals surface area contributed by atoms with Gasteiger partial charge in [0.15, 0.2) is 11.5 Å². The first-order valence-electron chi connectivity index (χ1n) is 6.78. The molecule has 0 N–H and O–H groups in total. The Hall–Kier alpha value is -2.82. The van der Waals surface area contributed by atoms with Crippen LogP contribution < -0.4 is 14.4 Å². The number of rotatable bonds is 3. The van der Waals surface area contributed by atoms with Crippen molar-refractivity contribution in [2.75, 3.05) is 19.1 Å².